The second-order valence-corrected chi connectivity index (χ2v) is 7.16. The van der Waals surface area contributed by atoms with Crippen LogP contribution in [-0.2, 0) is 0 Å². The maximum absolute atomic E-state index is 12.3. The Morgan fingerprint density at radius 2 is 2.00 bits per heavy atom. The van der Waals surface area contributed by atoms with Gasteiger partial charge in [0.15, 0.2) is 5.78 Å². The van der Waals surface area contributed by atoms with Gasteiger partial charge in [-0.2, -0.15) is 11.8 Å². The molecule has 0 spiro atoms. The highest BCUT2D eigenvalue weighted by Gasteiger charge is 2.19. The van der Waals surface area contributed by atoms with Crippen molar-refractivity contribution in [3.8, 4) is 0 Å². The van der Waals surface area contributed by atoms with Crippen LogP contribution in [0.1, 0.15) is 41.3 Å². The van der Waals surface area contributed by atoms with Gasteiger partial charge in [-0.05, 0) is 32.4 Å². The molecule has 0 radical (unpaired) electrons. The van der Waals surface area contributed by atoms with Gasteiger partial charge >= 0.3 is 0 Å². The largest absolute Gasteiger partial charge is 0.301 e. The molecule has 2 nitrogen and oxygen atoms in total. The normalized spacial score (nSPS) is 20.1. The molecule has 0 aromatic heterocycles. The van der Waals surface area contributed by atoms with Crippen LogP contribution in [-0.4, -0.2) is 41.3 Å². The van der Waals surface area contributed by atoms with Gasteiger partial charge in [0.25, 0.3) is 0 Å². The number of carbonyl (C=O) groups excluding carboxylic acids is 1. The van der Waals surface area contributed by atoms with Gasteiger partial charge in [0.2, 0.25) is 0 Å². The third-order valence-electron chi connectivity index (χ3n) is 3.88. The third kappa shape index (κ3) is 4.35. The predicted octanol–water partition coefficient (Wildman–Crippen LogP) is 3.70. The Morgan fingerprint density at radius 3 is 2.65 bits per heavy atom. The molecule has 20 heavy (non-hydrogen) atoms. The van der Waals surface area contributed by atoms with Crippen LogP contribution < -0.4 is 0 Å². The van der Waals surface area contributed by atoms with Crippen LogP contribution in [0.3, 0.4) is 0 Å². The summed E-state index contributed by atoms with van der Waals surface area (Å²) in [5.74, 6) is 1.49. The number of ketones is 1. The summed E-state index contributed by atoms with van der Waals surface area (Å²) in [5, 5.41) is 0.750. The minimum atomic E-state index is 0.281. The number of hydrogen-bond acceptors (Lipinski definition) is 3. The molecule has 0 saturated carbocycles. The Bertz CT molecular complexity index is 452. The molecule has 1 aliphatic rings. The van der Waals surface area contributed by atoms with Gasteiger partial charge in [0, 0.05) is 42.6 Å². The lowest BCUT2D eigenvalue weighted by molar-refractivity contribution is 0.0964. The summed E-state index contributed by atoms with van der Waals surface area (Å²) in [6.45, 7) is 9.53. The topological polar surface area (TPSA) is 20.3 Å². The molecule has 0 aliphatic carbocycles. The summed E-state index contributed by atoms with van der Waals surface area (Å²) in [6.07, 6.45) is 1.87. The zero-order valence-electron chi connectivity index (χ0n) is 12.8. The summed E-state index contributed by atoms with van der Waals surface area (Å²) in [5.41, 5.74) is 3.23. The number of nitrogens with zero attached hydrogens (tertiary/aromatic N) is 1. The van der Waals surface area contributed by atoms with E-state index in [2.05, 4.69) is 43.5 Å². The zero-order valence-corrected chi connectivity index (χ0v) is 13.6. The van der Waals surface area contributed by atoms with Crippen molar-refractivity contribution in [2.24, 2.45) is 0 Å². The van der Waals surface area contributed by atoms with E-state index < -0.39 is 0 Å². The molecule has 1 heterocycles. The van der Waals surface area contributed by atoms with Crippen LogP contribution in [0.15, 0.2) is 18.2 Å². The molecule has 1 atom stereocenters. The Hall–Kier alpha value is -0.800. The van der Waals surface area contributed by atoms with Gasteiger partial charge in [0.05, 0.1) is 0 Å². The second kappa shape index (κ2) is 7.28. The van der Waals surface area contributed by atoms with Crippen LogP contribution in [0, 0.1) is 13.8 Å². The fourth-order valence-electron chi connectivity index (χ4n) is 2.77. The predicted molar refractivity (Wildman–Crippen MR) is 87.8 cm³/mol. The van der Waals surface area contributed by atoms with Gasteiger partial charge in [-0.3, -0.25) is 4.79 Å². The van der Waals surface area contributed by atoms with Crippen molar-refractivity contribution in [1.29, 1.82) is 0 Å². The van der Waals surface area contributed by atoms with Crippen LogP contribution in [0.4, 0.5) is 0 Å². The van der Waals surface area contributed by atoms with E-state index in [1.54, 1.807) is 0 Å². The maximum Gasteiger partial charge on any atom is 0.164 e. The van der Waals surface area contributed by atoms with E-state index in [1.165, 1.54) is 23.3 Å². The number of Topliss-reactive ketones (excluding diaryl/α,β-unsaturated/α-hetero) is 1. The van der Waals surface area contributed by atoms with Crippen molar-refractivity contribution in [2.45, 2.75) is 38.9 Å². The second-order valence-electron chi connectivity index (χ2n) is 5.75. The Balaban J connectivity index is 1.88. The molecule has 1 fully saturated rings. The molecule has 1 unspecified atom stereocenters. The van der Waals surface area contributed by atoms with E-state index in [9.17, 15) is 4.79 Å². The number of rotatable bonds is 5. The van der Waals surface area contributed by atoms with Gasteiger partial charge < -0.3 is 4.90 Å². The first kappa shape index (κ1) is 15.6. The van der Waals surface area contributed by atoms with Crippen molar-refractivity contribution >= 4 is 17.5 Å². The van der Waals surface area contributed by atoms with Gasteiger partial charge in [0.1, 0.15) is 0 Å². The van der Waals surface area contributed by atoms with Gasteiger partial charge in [-0.15, -0.1) is 0 Å². The summed E-state index contributed by atoms with van der Waals surface area (Å²) >= 11 is 2.07. The Morgan fingerprint density at radius 1 is 1.30 bits per heavy atom. The third-order valence-corrected chi connectivity index (χ3v) is 5.25. The first-order valence-electron chi connectivity index (χ1n) is 7.54. The van der Waals surface area contributed by atoms with E-state index in [4.69, 9.17) is 0 Å². The summed E-state index contributed by atoms with van der Waals surface area (Å²) < 4.78 is 0. The lowest BCUT2D eigenvalue weighted by Crippen LogP contribution is -2.38. The quantitative estimate of drug-likeness (QED) is 0.772. The van der Waals surface area contributed by atoms with E-state index in [1.807, 2.05) is 12.1 Å². The van der Waals surface area contributed by atoms with Crippen LogP contribution in [0.2, 0.25) is 0 Å². The summed E-state index contributed by atoms with van der Waals surface area (Å²) in [4.78, 5) is 14.8. The highest BCUT2D eigenvalue weighted by molar-refractivity contribution is 8.00. The summed E-state index contributed by atoms with van der Waals surface area (Å²) in [7, 11) is 0. The molecule has 1 aromatic carbocycles. The van der Waals surface area contributed by atoms with Crippen LogP contribution in [0.5, 0.6) is 0 Å². The maximum atomic E-state index is 12.3. The molecular weight excluding hydrogens is 266 g/mol. The van der Waals surface area contributed by atoms with Crippen LogP contribution in [0.25, 0.3) is 0 Å². The van der Waals surface area contributed by atoms with E-state index in [0.29, 0.717) is 6.42 Å². The first-order valence-corrected chi connectivity index (χ1v) is 8.59. The number of carbonyl (C=O) groups is 1. The molecule has 0 N–H and O–H groups in total. The molecular formula is C17H25NOS. The van der Waals surface area contributed by atoms with Crippen molar-refractivity contribution in [1.82, 2.24) is 4.90 Å². The smallest absolute Gasteiger partial charge is 0.164 e. The number of benzene rings is 1. The van der Waals surface area contributed by atoms with Gasteiger partial charge in [-0.1, -0.05) is 24.1 Å². The van der Waals surface area contributed by atoms with E-state index in [0.717, 1.165) is 30.4 Å². The number of thioether (sulfide) groups is 1. The lowest BCUT2D eigenvalue weighted by atomic mass is 10.0. The minimum absolute atomic E-state index is 0.281. The minimum Gasteiger partial charge on any atom is -0.301 e. The molecule has 1 aromatic rings. The highest BCUT2D eigenvalue weighted by atomic mass is 32.2. The van der Waals surface area contributed by atoms with Gasteiger partial charge in [-0.25, -0.2) is 0 Å². The van der Waals surface area contributed by atoms with E-state index >= 15 is 0 Å². The SMILES string of the molecule is CCC1CN(CCC(=O)c2cc(C)cc(C)c2)CCS1. The number of aryl methyl sites for hydroxylation is 2. The monoisotopic (exact) mass is 291 g/mol. The molecule has 0 bridgehead atoms. The standard InChI is InChI=1S/C17H25NOS/c1-4-16-12-18(7-8-20-16)6-5-17(19)15-10-13(2)9-14(3)11-15/h9-11,16H,4-8,12H2,1-3H3. The first-order chi connectivity index (χ1) is 9.58. The molecule has 1 saturated heterocycles. The average molecular weight is 291 g/mol. The summed E-state index contributed by atoms with van der Waals surface area (Å²) in [6, 6.07) is 6.14. The van der Waals surface area contributed by atoms with Crippen LogP contribution >= 0.6 is 11.8 Å². The zero-order chi connectivity index (χ0) is 14.5. The Labute approximate surface area is 126 Å². The number of hydrogen-bond donors (Lipinski definition) is 0. The van der Waals surface area contributed by atoms with E-state index in [-0.39, 0.29) is 5.78 Å². The highest BCUT2D eigenvalue weighted by Crippen LogP contribution is 2.21. The molecule has 3 heteroatoms. The van der Waals surface area contributed by atoms with Crippen molar-refractivity contribution in [3.63, 3.8) is 0 Å². The van der Waals surface area contributed by atoms with Crippen molar-refractivity contribution < 1.29 is 4.79 Å². The fraction of sp³-hybridized carbons (Fsp3) is 0.588. The molecule has 2 rings (SSSR count). The Kier molecular flexibility index (Phi) is 5.67. The average Bonchev–Trinajstić information content (AvgIpc) is 2.44. The van der Waals surface area contributed by atoms with Crippen molar-refractivity contribution in [2.75, 3.05) is 25.4 Å². The molecule has 1 aliphatic heterocycles. The lowest BCUT2D eigenvalue weighted by Gasteiger charge is -2.31. The molecule has 0 amide bonds. The van der Waals surface area contributed by atoms with Crippen molar-refractivity contribution in [3.05, 3.63) is 34.9 Å². The molecule has 110 valence electrons. The fourth-order valence-corrected chi connectivity index (χ4v) is 4.02.